The second-order valence-electron chi connectivity index (χ2n) is 6.65. The summed E-state index contributed by atoms with van der Waals surface area (Å²) in [4.78, 5) is 12.5. The second kappa shape index (κ2) is 7.40. The molecule has 6 nitrogen and oxygen atoms in total. The third-order valence-electron chi connectivity index (χ3n) is 5.22. The van der Waals surface area contributed by atoms with E-state index in [2.05, 4.69) is 19.2 Å². The molecule has 0 spiro atoms. The number of rotatable bonds is 6. The monoisotopic (exact) mass is 357 g/mol. The van der Waals surface area contributed by atoms with E-state index in [1.807, 2.05) is 29.8 Å². The smallest absolute Gasteiger partial charge is 0.226 e. The van der Waals surface area contributed by atoms with Gasteiger partial charge in [-0.2, -0.15) is 5.10 Å². The molecule has 0 saturated carbocycles. The highest BCUT2D eigenvalue weighted by molar-refractivity contribution is 5.95. The average molecular weight is 357 g/mol. The van der Waals surface area contributed by atoms with Gasteiger partial charge >= 0.3 is 0 Å². The summed E-state index contributed by atoms with van der Waals surface area (Å²) in [5.41, 5.74) is 2.97. The summed E-state index contributed by atoms with van der Waals surface area (Å²) in [6.07, 6.45) is 2.30. The zero-order chi connectivity index (χ0) is 18.8. The van der Waals surface area contributed by atoms with Crippen LogP contribution in [0.5, 0.6) is 11.5 Å². The lowest BCUT2D eigenvalue weighted by Crippen LogP contribution is -2.26. The molecule has 26 heavy (non-hydrogen) atoms. The summed E-state index contributed by atoms with van der Waals surface area (Å²) in [6, 6.07) is 6.07. The lowest BCUT2D eigenvalue weighted by Gasteiger charge is -2.27. The van der Waals surface area contributed by atoms with Crippen molar-refractivity contribution >= 4 is 11.7 Å². The summed E-state index contributed by atoms with van der Waals surface area (Å²) in [5, 5.41) is 7.83. The van der Waals surface area contributed by atoms with Crippen LogP contribution < -0.4 is 14.8 Å². The van der Waals surface area contributed by atoms with E-state index in [4.69, 9.17) is 14.6 Å². The Balaban J connectivity index is 2.18. The van der Waals surface area contributed by atoms with Crippen LogP contribution in [-0.2, 0) is 4.79 Å². The number of benzene rings is 1. The average Bonchev–Trinajstić information content (AvgIpc) is 2.97. The molecule has 1 unspecified atom stereocenters. The molecule has 6 heteroatoms. The van der Waals surface area contributed by atoms with Crippen molar-refractivity contribution in [2.45, 2.75) is 52.0 Å². The van der Waals surface area contributed by atoms with E-state index in [-0.39, 0.29) is 17.9 Å². The van der Waals surface area contributed by atoms with Gasteiger partial charge in [-0.25, -0.2) is 4.68 Å². The molecule has 140 valence electrons. The molecule has 1 aliphatic rings. The van der Waals surface area contributed by atoms with Crippen molar-refractivity contribution in [3.05, 3.63) is 35.0 Å². The van der Waals surface area contributed by atoms with Crippen molar-refractivity contribution in [3.8, 4) is 11.5 Å². The molecule has 1 N–H and O–H groups in total. The van der Waals surface area contributed by atoms with Gasteiger partial charge in [0.25, 0.3) is 0 Å². The Hall–Kier alpha value is -2.50. The Morgan fingerprint density at radius 3 is 2.62 bits per heavy atom. The Labute approximate surface area is 154 Å². The Bertz CT molecular complexity index is 809. The van der Waals surface area contributed by atoms with Crippen LogP contribution in [0.2, 0.25) is 0 Å². The number of fused-ring (bicyclic) bond motifs is 1. The maximum absolute atomic E-state index is 12.5. The number of hydrogen-bond donors (Lipinski definition) is 1. The van der Waals surface area contributed by atoms with Crippen molar-refractivity contribution in [3.63, 3.8) is 0 Å². The van der Waals surface area contributed by atoms with Crippen LogP contribution in [0.15, 0.2) is 18.2 Å². The van der Waals surface area contributed by atoms with E-state index in [1.165, 1.54) is 0 Å². The number of carbonyl (C=O) groups excluding carboxylic acids is 1. The molecule has 0 fully saturated rings. The minimum atomic E-state index is -0.105. The molecule has 3 rings (SSSR count). The van der Waals surface area contributed by atoms with Crippen LogP contribution in [0.1, 0.15) is 61.9 Å². The fourth-order valence-electron chi connectivity index (χ4n) is 3.92. The van der Waals surface area contributed by atoms with E-state index in [0.717, 1.165) is 35.5 Å². The molecular weight excluding hydrogens is 330 g/mol. The number of ether oxygens (including phenoxy) is 2. The quantitative estimate of drug-likeness (QED) is 0.847. The van der Waals surface area contributed by atoms with Gasteiger partial charge in [0.1, 0.15) is 5.82 Å². The highest BCUT2D eigenvalue weighted by Gasteiger charge is 2.35. The van der Waals surface area contributed by atoms with Gasteiger partial charge in [0.2, 0.25) is 5.91 Å². The van der Waals surface area contributed by atoms with E-state index >= 15 is 0 Å². The Kier molecular flexibility index (Phi) is 5.20. The number of amides is 1. The van der Waals surface area contributed by atoms with Crippen LogP contribution >= 0.6 is 0 Å². The SMILES string of the molecule is CCC(CC)n1nc(C)c2c1NC(=O)CC2c1cccc(OC)c1OC. The number of aryl methyl sites for hydroxylation is 1. The molecule has 1 aromatic heterocycles. The van der Waals surface area contributed by atoms with Crippen LogP contribution in [0.4, 0.5) is 5.82 Å². The first-order valence-electron chi connectivity index (χ1n) is 9.15. The first-order valence-corrected chi connectivity index (χ1v) is 9.15. The van der Waals surface area contributed by atoms with E-state index in [1.54, 1.807) is 14.2 Å². The molecule has 0 aliphatic carbocycles. The molecule has 1 aromatic carbocycles. The van der Waals surface area contributed by atoms with Crippen LogP contribution in [0, 0.1) is 6.92 Å². The normalized spacial score (nSPS) is 16.4. The molecule has 0 saturated heterocycles. The van der Waals surface area contributed by atoms with Gasteiger partial charge < -0.3 is 14.8 Å². The number of hydrogen-bond acceptors (Lipinski definition) is 4. The number of para-hydroxylation sites is 1. The van der Waals surface area contributed by atoms with Crippen molar-refractivity contribution in [1.29, 1.82) is 0 Å². The summed E-state index contributed by atoms with van der Waals surface area (Å²) >= 11 is 0. The predicted octanol–water partition coefficient (Wildman–Crippen LogP) is 4.04. The summed E-state index contributed by atoms with van der Waals surface area (Å²) in [7, 11) is 3.25. The topological polar surface area (TPSA) is 65.4 Å². The van der Waals surface area contributed by atoms with Gasteiger partial charge in [0, 0.05) is 23.5 Å². The molecule has 2 aromatic rings. The van der Waals surface area contributed by atoms with Crippen LogP contribution in [-0.4, -0.2) is 29.9 Å². The van der Waals surface area contributed by atoms with Gasteiger partial charge in [-0.3, -0.25) is 4.79 Å². The number of aromatic nitrogens is 2. The molecule has 1 amide bonds. The molecule has 2 heterocycles. The minimum absolute atomic E-state index is 0.000482. The number of nitrogens with one attached hydrogen (secondary N) is 1. The fraction of sp³-hybridized carbons (Fsp3) is 0.500. The standard InChI is InChI=1S/C20H27N3O3/c1-6-13(7-2)23-20-18(12(3)22-23)15(11-17(24)21-20)14-9-8-10-16(25-4)19(14)26-5/h8-10,13,15H,6-7,11H2,1-5H3,(H,21,24). The van der Waals surface area contributed by atoms with Crippen molar-refractivity contribution in [1.82, 2.24) is 9.78 Å². The lowest BCUT2D eigenvalue weighted by molar-refractivity contribution is -0.116. The molecule has 0 radical (unpaired) electrons. The van der Waals surface area contributed by atoms with Crippen LogP contribution in [0.3, 0.4) is 0 Å². The summed E-state index contributed by atoms with van der Waals surface area (Å²) < 4.78 is 13.1. The predicted molar refractivity (Wildman–Crippen MR) is 101 cm³/mol. The van der Waals surface area contributed by atoms with Crippen molar-refractivity contribution in [2.24, 2.45) is 0 Å². The minimum Gasteiger partial charge on any atom is -0.493 e. The first kappa shape index (κ1) is 18.3. The van der Waals surface area contributed by atoms with Gasteiger partial charge in [-0.15, -0.1) is 0 Å². The van der Waals surface area contributed by atoms with Gasteiger partial charge in [-0.1, -0.05) is 26.0 Å². The molecule has 1 aliphatic heterocycles. The van der Waals surface area contributed by atoms with Gasteiger partial charge in [0.15, 0.2) is 11.5 Å². The third-order valence-corrected chi connectivity index (χ3v) is 5.22. The maximum Gasteiger partial charge on any atom is 0.226 e. The zero-order valence-electron chi connectivity index (χ0n) is 16.1. The highest BCUT2D eigenvalue weighted by Crippen LogP contribution is 2.45. The highest BCUT2D eigenvalue weighted by atomic mass is 16.5. The number of carbonyl (C=O) groups is 1. The summed E-state index contributed by atoms with van der Waals surface area (Å²) in [6.45, 7) is 6.30. The zero-order valence-corrected chi connectivity index (χ0v) is 16.1. The van der Waals surface area contributed by atoms with Gasteiger partial charge in [-0.05, 0) is 25.8 Å². The largest absolute Gasteiger partial charge is 0.493 e. The Morgan fingerprint density at radius 2 is 2.00 bits per heavy atom. The number of anilines is 1. The van der Waals surface area contributed by atoms with Crippen molar-refractivity contribution < 1.29 is 14.3 Å². The fourth-order valence-corrected chi connectivity index (χ4v) is 3.92. The third kappa shape index (κ3) is 2.93. The molecule has 0 bridgehead atoms. The van der Waals surface area contributed by atoms with E-state index < -0.39 is 0 Å². The van der Waals surface area contributed by atoms with Gasteiger partial charge in [0.05, 0.1) is 26.0 Å². The van der Waals surface area contributed by atoms with E-state index in [9.17, 15) is 4.79 Å². The number of methoxy groups -OCH3 is 2. The van der Waals surface area contributed by atoms with E-state index in [0.29, 0.717) is 17.9 Å². The lowest BCUT2D eigenvalue weighted by atomic mass is 9.85. The van der Waals surface area contributed by atoms with Crippen molar-refractivity contribution in [2.75, 3.05) is 19.5 Å². The first-order chi connectivity index (χ1) is 12.5. The number of nitrogens with zero attached hydrogens (tertiary/aromatic N) is 2. The maximum atomic E-state index is 12.5. The Morgan fingerprint density at radius 1 is 1.27 bits per heavy atom. The summed E-state index contributed by atoms with van der Waals surface area (Å²) in [5.74, 6) is 2.06. The van der Waals surface area contributed by atoms with Crippen LogP contribution in [0.25, 0.3) is 0 Å². The second-order valence-corrected chi connectivity index (χ2v) is 6.65. The molecular formula is C20H27N3O3. The molecule has 1 atom stereocenters.